The van der Waals surface area contributed by atoms with E-state index in [-0.39, 0.29) is 6.61 Å². The van der Waals surface area contributed by atoms with Crippen molar-refractivity contribution >= 4 is 6.09 Å². The lowest BCUT2D eigenvalue weighted by Gasteiger charge is -2.31. The summed E-state index contributed by atoms with van der Waals surface area (Å²) in [6.07, 6.45) is 3.21. The standard InChI is InChI=1S/C16H23NO3/c18-12-15-8-6-14(7-9-15)11-17(16(19)20)10-13-4-2-1-3-5-13/h1-5,14-15,18H,6-12H2,(H,19,20). The van der Waals surface area contributed by atoms with Crippen molar-refractivity contribution in [3.63, 3.8) is 0 Å². The summed E-state index contributed by atoms with van der Waals surface area (Å²) < 4.78 is 0. The second-order valence-electron chi connectivity index (χ2n) is 5.72. The number of amides is 1. The number of aliphatic hydroxyl groups excluding tert-OH is 1. The Morgan fingerprint density at radius 3 is 2.25 bits per heavy atom. The SMILES string of the molecule is O=C(O)N(Cc1ccccc1)CC1CCC(CO)CC1. The normalized spacial score (nSPS) is 22.4. The van der Waals surface area contributed by atoms with Gasteiger partial charge in [0.1, 0.15) is 0 Å². The van der Waals surface area contributed by atoms with E-state index in [0.717, 1.165) is 31.2 Å². The third-order valence-electron chi connectivity index (χ3n) is 4.19. The van der Waals surface area contributed by atoms with Crippen molar-refractivity contribution in [2.75, 3.05) is 13.2 Å². The second-order valence-corrected chi connectivity index (χ2v) is 5.72. The van der Waals surface area contributed by atoms with Crippen LogP contribution in [0, 0.1) is 11.8 Å². The predicted octanol–water partition coefficient (Wildman–Crippen LogP) is 2.97. The summed E-state index contributed by atoms with van der Waals surface area (Å²) in [6, 6.07) is 9.71. The minimum atomic E-state index is -0.849. The molecular weight excluding hydrogens is 254 g/mol. The minimum Gasteiger partial charge on any atom is -0.465 e. The molecule has 0 aromatic heterocycles. The lowest BCUT2D eigenvalue weighted by molar-refractivity contribution is 0.114. The molecule has 1 fully saturated rings. The molecule has 0 radical (unpaired) electrons. The third-order valence-corrected chi connectivity index (χ3v) is 4.19. The Kier molecular flexibility index (Phi) is 5.41. The molecule has 2 rings (SSSR count). The number of benzene rings is 1. The maximum absolute atomic E-state index is 11.4. The van der Waals surface area contributed by atoms with Gasteiger partial charge in [0.15, 0.2) is 0 Å². The van der Waals surface area contributed by atoms with Crippen LogP contribution in [0.3, 0.4) is 0 Å². The lowest BCUT2D eigenvalue weighted by Crippen LogP contribution is -2.35. The van der Waals surface area contributed by atoms with Crippen LogP contribution in [-0.2, 0) is 6.54 Å². The average Bonchev–Trinajstić information content (AvgIpc) is 2.48. The Bertz CT molecular complexity index is 413. The fourth-order valence-electron chi connectivity index (χ4n) is 2.92. The van der Waals surface area contributed by atoms with Crippen LogP contribution in [0.25, 0.3) is 0 Å². The summed E-state index contributed by atoms with van der Waals surface area (Å²) in [5.41, 5.74) is 1.03. The molecule has 2 N–H and O–H groups in total. The fourth-order valence-corrected chi connectivity index (χ4v) is 2.92. The van der Waals surface area contributed by atoms with Crippen LogP contribution in [0.15, 0.2) is 30.3 Å². The summed E-state index contributed by atoms with van der Waals surface area (Å²) in [4.78, 5) is 12.9. The molecule has 110 valence electrons. The second kappa shape index (κ2) is 7.29. The van der Waals surface area contributed by atoms with Gasteiger partial charge in [-0.3, -0.25) is 0 Å². The van der Waals surface area contributed by atoms with Crippen LogP contribution in [-0.4, -0.2) is 34.4 Å². The number of carbonyl (C=O) groups is 1. The van der Waals surface area contributed by atoms with E-state index in [2.05, 4.69) is 0 Å². The van der Waals surface area contributed by atoms with Gasteiger partial charge in [-0.15, -0.1) is 0 Å². The molecule has 1 aromatic carbocycles. The van der Waals surface area contributed by atoms with Crippen LogP contribution < -0.4 is 0 Å². The number of hydrogen-bond acceptors (Lipinski definition) is 2. The maximum atomic E-state index is 11.4. The van der Waals surface area contributed by atoms with Crippen molar-refractivity contribution in [3.05, 3.63) is 35.9 Å². The molecule has 0 heterocycles. The van der Waals surface area contributed by atoms with E-state index in [1.807, 2.05) is 30.3 Å². The largest absolute Gasteiger partial charge is 0.465 e. The monoisotopic (exact) mass is 277 g/mol. The zero-order chi connectivity index (χ0) is 14.4. The molecule has 0 bridgehead atoms. The van der Waals surface area contributed by atoms with Gasteiger partial charge in [-0.05, 0) is 43.1 Å². The van der Waals surface area contributed by atoms with Gasteiger partial charge < -0.3 is 15.1 Å². The highest BCUT2D eigenvalue weighted by Crippen LogP contribution is 2.29. The fraction of sp³-hybridized carbons (Fsp3) is 0.562. The molecule has 0 atom stereocenters. The van der Waals surface area contributed by atoms with Gasteiger partial charge >= 0.3 is 6.09 Å². The van der Waals surface area contributed by atoms with Gasteiger partial charge in [0.2, 0.25) is 0 Å². The van der Waals surface area contributed by atoms with Gasteiger partial charge in [-0.2, -0.15) is 0 Å². The molecule has 0 spiro atoms. The average molecular weight is 277 g/mol. The van der Waals surface area contributed by atoms with Crippen LogP contribution in [0.1, 0.15) is 31.2 Å². The van der Waals surface area contributed by atoms with Gasteiger partial charge in [0.25, 0.3) is 0 Å². The number of nitrogens with zero attached hydrogens (tertiary/aromatic N) is 1. The van der Waals surface area contributed by atoms with E-state index >= 15 is 0 Å². The summed E-state index contributed by atoms with van der Waals surface area (Å²) in [7, 11) is 0. The van der Waals surface area contributed by atoms with Crippen molar-refractivity contribution in [1.29, 1.82) is 0 Å². The van der Waals surface area contributed by atoms with Crippen molar-refractivity contribution < 1.29 is 15.0 Å². The third kappa shape index (κ3) is 4.23. The molecule has 0 aliphatic heterocycles. The molecular formula is C16H23NO3. The first-order valence-electron chi connectivity index (χ1n) is 7.31. The topological polar surface area (TPSA) is 60.8 Å². The van der Waals surface area contributed by atoms with Gasteiger partial charge in [-0.1, -0.05) is 30.3 Å². The van der Waals surface area contributed by atoms with Gasteiger partial charge in [0.05, 0.1) is 0 Å². The Morgan fingerprint density at radius 2 is 1.70 bits per heavy atom. The molecule has 20 heavy (non-hydrogen) atoms. The molecule has 4 heteroatoms. The van der Waals surface area contributed by atoms with Crippen LogP contribution in [0.5, 0.6) is 0 Å². The molecule has 1 aliphatic carbocycles. The summed E-state index contributed by atoms with van der Waals surface area (Å²) in [5, 5.41) is 18.5. The smallest absolute Gasteiger partial charge is 0.407 e. The molecule has 1 aromatic rings. The summed E-state index contributed by atoms with van der Waals surface area (Å²) >= 11 is 0. The Hall–Kier alpha value is -1.55. The van der Waals surface area contributed by atoms with Gasteiger partial charge in [0, 0.05) is 19.7 Å². The van der Waals surface area contributed by atoms with Crippen molar-refractivity contribution in [1.82, 2.24) is 4.90 Å². The van der Waals surface area contributed by atoms with Crippen LogP contribution in [0.2, 0.25) is 0 Å². The van der Waals surface area contributed by atoms with Crippen molar-refractivity contribution in [2.45, 2.75) is 32.2 Å². The number of carboxylic acid groups (broad SMARTS) is 1. The first-order chi connectivity index (χ1) is 9.69. The molecule has 0 unspecified atom stereocenters. The van der Waals surface area contributed by atoms with E-state index in [4.69, 9.17) is 5.11 Å². The first-order valence-corrected chi connectivity index (χ1v) is 7.31. The maximum Gasteiger partial charge on any atom is 0.407 e. The highest BCUT2D eigenvalue weighted by atomic mass is 16.4. The van der Waals surface area contributed by atoms with Crippen LogP contribution >= 0.6 is 0 Å². The Morgan fingerprint density at radius 1 is 1.10 bits per heavy atom. The zero-order valence-corrected chi connectivity index (χ0v) is 11.7. The van der Waals surface area contributed by atoms with Crippen LogP contribution in [0.4, 0.5) is 4.79 Å². The van der Waals surface area contributed by atoms with E-state index in [9.17, 15) is 9.90 Å². The zero-order valence-electron chi connectivity index (χ0n) is 11.7. The predicted molar refractivity (Wildman–Crippen MR) is 77.4 cm³/mol. The molecule has 1 saturated carbocycles. The quantitative estimate of drug-likeness (QED) is 0.870. The van der Waals surface area contributed by atoms with E-state index in [0.29, 0.717) is 24.9 Å². The van der Waals surface area contributed by atoms with Gasteiger partial charge in [-0.25, -0.2) is 4.79 Å². The minimum absolute atomic E-state index is 0.263. The molecule has 1 amide bonds. The summed E-state index contributed by atoms with van der Waals surface area (Å²) in [5.74, 6) is 0.844. The molecule has 1 aliphatic rings. The lowest BCUT2D eigenvalue weighted by atomic mass is 9.82. The molecule has 0 saturated heterocycles. The number of aliphatic hydroxyl groups is 1. The number of hydrogen-bond donors (Lipinski definition) is 2. The van der Waals surface area contributed by atoms with Crippen molar-refractivity contribution in [3.8, 4) is 0 Å². The molecule has 4 nitrogen and oxygen atoms in total. The summed E-state index contributed by atoms with van der Waals surface area (Å²) in [6.45, 7) is 1.32. The number of rotatable bonds is 5. The van der Waals surface area contributed by atoms with E-state index in [1.54, 1.807) is 0 Å². The van der Waals surface area contributed by atoms with Crippen molar-refractivity contribution in [2.24, 2.45) is 11.8 Å². The highest BCUT2D eigenvalue weighted by Gasteiger charge is 2.24. The Labute approximate surface area is 120 Å². The highest BCUT2D eigenvalue weighted by molar-refractivity contribution is 5.65. The Balaban J connectivity index is 1.88. The first kappa shape index (κ1) is 14.9. The van der Waals surface area contributed by atoms with E-state index < -0.39 is 6.09 Å². The van der Waals surface area contributed by atoms with E-state index in [1.165, 1.54) is 4.90 Å².